The molecular weight excluding hydrogens is 176 g/mol. The fourth-order valence-corrected chi connectivity index (χ4v) is 1.98. The van der Waals surface area contributed by atoms with E-state index in [0.717, 1.165) is 32.4 Å². The molecule has 0 atom stereocenters. The molecule has 1 aromatic rings. The lowest BCUT2D eigenvalue weighted by Crippen LogP contribution is -2.15. The van der Waals surface area contributed by atoms with E-state index in [1.54, 1.807) is 0 Å². The van der Waals surface area contributed by atoms with Gasteiger partial charge in [0.1, 0.15) is 11.6 Å². The number of hydrogen-bond acceptors (Lipinski definition) is 3. The minimum atomic E-state index is 1.05. The lowest BCUT2D eigenvalue weighted by Gasteiger charge is -2.14. The first-order valence-corrected chi connectivity index (χ1v) is 5.47. The summed E-state index contributed by atoms with van der Waals surface area (Å²) in [6.07, 6.45) is 5.86. The van der Waals surface area contributed by atoms with Gasteiger partial charge in [-0.25, -0.2) is 0 Å². The van der Waals surface area contributed by atoms with Crippen molar-refractivity contribution in [1.82, 2.24) is 20.1 Å². The quantitative estimate of drug-likeness (QED) is 0.720. The standard InChI is InChI=1S/C10H18N4/c1-11-7-4-6-10-13-12-9-5-2-3-8-14(9)10/h11H,2-8H2,1H3. The highest BCUT2D eigenvalue weighted by Crippen LogP contribution is 2.14. The third kappa shape index (κ3) is 1.95. The fourth-order valence-electron chi connectivity index (χ4n) is 1.98. The van der Waals surface area contributed by atoms with E-state index in [9.17, 15) is 0 Å². The number of nitrogens with one attached hydrogen (secondary N) is 1. The Morgan fingerprint density at radius 3 is 3.14 bits per heavy atom. The maximum atomic E-state index is 4.25. The van der Waals surface area contributed by atoms with Crippen molar-refractivity contribution in [3.8, 4) is 0 Å². The highest BCUT2D eigenvalue weighted by molar-refractivity contribution is 4.98. The van der Waals surface area contributed by atoms with Crippen LogP contribution in [0.3, 0.4) is 0 Å². The molecule has 1 aromatic heterocycles. The molecule has 4 nitrogen and oxygen atoms in total. The Hall–Kier alpha value is -0.900. The second kappa shape index (κ2) is 4.55. The van der Waals surface area contributed by atoms with E-state index in [1.807, 2.05) is 7.05 Å². The Morgan fingerprint density at radius 1 is 1.36 bits per heavy atom. The predicted octanol–water partition coefficient (Wildman–Crippen LogP) is 0.766. The molecule has 0 spiro atoms. The predicted molar refractivity (Wildman–Crippen MR) is 55.2 cm³/mol. The van der Waals surface area contributed by atoms with E-state index >= 15 is 0 Å². The first-order valence-electron chi connectivity index (χ1n) is 5.47. The summed E-state index contributed by atoms with van der Waals surface area (Å²) in [5.74, 6) is 2.37. The van der Waals surface area contributed by atoms with Crippen LogP contribution < -0.4 is 5.32 Å². The van der Waals surface area contributed by atoms with E-state index in [4.69, 9.17) is 0 Å². The van der Waals surface area contributed by atoms with Crippen molar-refractivity contribution in [2.75, 3.05) is 13.6 Å². The first kappa shape index (κ1) is 9.65. The molecule has 78 valence electrons. The van der Waals surface area contributed by atoms with Crippen LogP contribution in [-0.4, -0.2) is 28.4 Å². The zero-order valence-corrected chi connectivity index (χ0v) is 8.79. The Balaban J connectivity index is 1.99. The smallest absolute Gasteiger partial charge is 0.133 e. The maximum absolute atomic E-state index is 4.25. The summed E-state index contributed by atoms with van der Waals surface area (Å²) in [6.45, 7) is 2.18. The molecule has 0 aromatic carbocycles. The van der Waals surface area contributed by atoms with Gasteiger partial charge in [0.25, 0.3) is 0 Å². The van der Waals surface area contributed by atoms with Crippen LogP contribution in [0.1, 0.15) is 30.9 Å². The second-order valence-corrected chi connectivity index (χ2v) is 3.85. The molecule has 1 aliphatic heterocycles. The number of fused-ring (bicyclic) bond motifs is 1. The molecule has 4 heteroatoms. The van der Waals surface area contributed by atoms with Gasteiger partial charge < -0.3 is 9.88 Å². The van der Waals surface area contributed by atoms with E-state index in [0.29, 0.717) is 0 Å². The molecule has 1 N–H and O–H groups in total. The van der Waals surface area contributed by atoms with Gasteiger partial charge in [-0.1, -0.05) is 0 Å². The van der Waals surface area contributed by atoms with Crippen molar-refractivity contribution in [2.24, 2.45) is 0 Å². The molecule has 0 radical (unpaired) electrons. The van der Waals surface area contributed by atoms with Gasteiger partial charge >= 0.3 is 0 Å². The molecule has 14 heavy (non-hydrogen) atoms. The molecule has 0 unspecified atom stereocenters. The van der Waals surface area contributed by atoms with E-state index in [-0.39, 0.29) is 0 Å². The van der Waals surface area contributed by atoms with Crippen LogP contribution in [0.15, 0.2) is 0 Å². The van der Waals surface area contributed by atoms with Crippen molar-refractivity contribution < 1.29 is 0 Å². The van der Waals surface area contributed by atoms with Crippen LogP contribution in [0.2, 0.25) is 0 Å². The Labute approximate surface area is 84.7 Å². The van der Waals surface area contributed by atoms with E-state index in [2.05, 4.69) is 20.1 Å². The number of nitrogens with zero attached hydrogens (tertiary/aromatic N) is 3. The molecule has 0 saturated carbocycles. The molecule has 0 aliphatic carbocycles. The lowest BCUT2D eigenvalue weighted by molar-refractivity contribution is 0.504. The van der Waals surface area contributed by atoms with Crippen LogP contribution in [0.25, 0.3) is 0 Å². The molecule has 2 heterocycles. The molecule has 0 saturated heterocycles. The minimum Gasteiger partial charge on any atom is -0.320 e. The summed E-state index contributed by atoms with van der Waals surface area (Å²) in [5, 5.41) is 11.6. The average Bonchev–Trinajstić information content (AvgIpc) is 2.63. The molecule has 0 amide bonds. The molecular formula is C10H18N4. The summed E-state index contributed by atoms with van der Waals surface area (Å²) in [7, 11) is 1.99. The van der Waals surface area contributed by atoms with E-state index < -0.39 is 0 Å². The normalized spacial score (nSPS) is 15.5. The Bertz CT molecular complexity index is 292. The number of hydrogen-bond donors (Lipinski definition) is 1. The maximum Gasteiger partial charge on any atom is 0.133 e. The van der Waals surface area contributed by atoms with Crippen molar-refractivity contribution in [2.45, 2.75) is 38.6 Å². The van der Waals surface area contributed by atoms with Gasteiger partial charge in [-0.05, 0) is 32.9 Å². The molecule has 1 aliphatic rings. The summed E-state index contributed by atoms with van der Waals surface area (Å²) in [6, 6.07) is 0. The van der Waals surface area contributed by atoms with Crippen LogP contribution in [0, 0.1) is 0 Å². The Morgan fingerprint density at radius 2 is 2.29 bits per heavy atom. The van der Waals surface area contributed by atoms with E-state index in [1.165, 1.54) is 24.5 Å². The number of aryl methyl sites for hydroxylation is 2. The molecule has 2 rings (SSSR count). The topological polar surface area (TPSA) is 42.7 Å². The summed E-state index contributed by atoms with van der Waals surface area (Å²) in [5.41, 5.74) is 0. The van der Waals surface area contributed by atoms with Gasteiger partial charge in [-0.2, -0.15) is 0 Å². The van der Waals surface area contributed by atoms with Gasteiger partial charge in [-0.3, -0.25) is 0 Å². The summed E-state index contributed by atoms with van der Waals surface area (Å²) >= 11 is 0. The largest absolute Gasteiger partial charge is 0.320 e. The van der Waals surface area contributed by atoms with Crippen LogP contribution in [0.5, 0.6) is 0 Å². The monoisotopic (exact) mass is 194 g/mol. The van der Waals surface area contributed by atoms with Gasteiger partial charge in [0.15, 0.2) is 0 Å². The zero-order chi connectivity index (χ0) is 9.80. The van der Waals surface area contributed by atoms with Crippen molar-refractivity contribution in [3.05, 3.63) is 11.6 Å². The first-order chi connectivity index (χ1) is 6.92. The van der Waals surface area contributed by atoms with Gasteiger partial charge in [0.2, 0.25) is 0 Å². The average molecular weight is 194 g/mol. The van der Waals surface area contributed by atoms with Gasteiger partial charge in [-0.15, -0.1) is 10.2 Å². The molecule has 0 fully saturated rings. The number of rotatable bonds is 4. The van der Waals surface area contributed by atoms with Crippen molar-refractivity contribution in [1.29, 1.82) is 0 Å². The number of aromatic nitrogens is 3. The third-order valence-electron chi connectivity index (χ3n) is 2.76. The fraction of sp³-hybridized carbons (Fsp3) is 0.800. The van der Waals surface area contributed by atoms with Crippen molar-refractivity contribution >= 4 is 0 Å². The van der Waals surface area contributed by atoms with Crippen LogP contribution in [-0.2, 0) is 19.4 Å². The SMILES string of the molecule is CNCCCc1nnc2n1CCCC2. The zero-order valence-electron chi connectivity index (χ0n) is 8.79. The van der Waals surface area contributed by atoms with Crippen LogP contribution in [0.4, 0.5) is 0 Å². The molecule has 0 bridgehead atoms. The third-order valence-corrected chi connectivity index (χ3v) is 2.76. The minimum absolute atomic E-state index is 1.05. The van der Waals surface area contributed by atoms with Gasteiger partial charge in [0, 0.05) is 19.4 Å². The highest BCUT2D eigenvalue weighted by atomic mass is 15.3. The summed E-state index contributed by atoms with van der Waals surface area (Å²) in [4.78, 5) is 0. The van der Waals surface area contributed by atoms with Crippen molar-refractivity contribution in [3.63, 3.8) is 0 Å². The second-order valence-electron chi connectivity index (χ2n) is 3.85. The highest BCUT2D eigenvalue weighted by Gasteiger charge is 2.14. The summed E-state index contributed by atoms with van der Waals surface area (Å²) < 4.78 is 2.30. The Kier molecular flexibility index (Phi) is 3.14. The lowest BCUT2D eigenvalue weighted by atomic mass is 10.1. The van der Waals surface area contributed by atoms with Gasteiger partial charge in [0.05, 0.1) is 0 Å². The van der Waals surface area contributed by atoms with Crippen LogP contribution >= 0.6 is 0 Å².